The van der Waals surface area contributed by atoms with Crippen LogP contribution >= 0.6 is 11.8 Å². The summed E-state index contributed by atoms with van der Waals surface area (Å²) in [6, 6.07) is 20.6. The number of rotatable bonds is 8. The van der Waals surface area contributed by atoms with Crippen molar-refractivity contribution in [3.05, 3.63) is 72.4 Å². The smallest absolute Gasteiger partial charge is 0.168 e. The van der Waals surface area contributed by atoms with Crippen LogP contribution in [0.4, 0.5) is 0 Å². The van der Waals surface area contributed by atoms with E-state index < -0.39 is 6.10 Å². The minimum absolute atomic E-state index is 0.398. The first-order valence-electron chi connectivity index (χ1n) is 8.74. The van der Waals surface area contributed by atoms with Crippen LogP contribution in [0.25, 0.3) is 11.3 Å². The normalized spacial score (nSPS) is 12.5. The maximum absolute atomic E-state index is 10.4. The van der Waals surface area contributed by atoms with Gasteiger partial charge in [-0.15, -0.1) is 0 Å². The van der Waals surface area contributed by atoms with Gasteiger partial charge in [0.1, 0.15) is 0 Å². The zero-order chi connectivity index (χ0) is 18.4. The molecular weight excluding hydrogens is 342 g/mol. The zero-order valence-corrected chi connectivity index (χ0v) is 16.1. The summed E-state index contributed by atoms with van der Waals surface area (Å²) in [5, 5.41) is 11.3. The van der Waals surface area contributed by atoms with Gasteiger partial charge in [-0.1, -0.05) is 72.4 Å². The topological polar surface area (TPSA) is 41.3 Å². The molecule has 1 unspecified atom stereocenters. The van der Waals surface area contributed by atoms with Crippen LogP contribution in [-0.2, 0) is 13.6 Å². The Kier molecular flexibility index (Phi) is 6.50. The minimum Gasteiger partial charge on any atom is -0.391 e. The number of hydrogen-bond donors (Lipinski definition) is 1. The third-order valence-corrected chi connectivity index (χ3v) is 5.43. The standard InChI is InChI=1S/C21H25N3OS/c1-23(14-17-9-5-3-6-10-17)15-19(25)16-26-21-22-13-20(24(21)2)18-11-7-4-8-12-18/h3-13,19,25H,14-16H2,1-2H3. The lowest BCUT2D eigenvalue weighted by Gasteiger charge is -2.20. The van der Waals surface area contributed by atoms with E-state index in [-0.39, 0.29) is 0 Å². The van der Waals surface area contributed by atoms with Crippen LogP contribution < -0.4 is 0 Å². The number of likely N-dealkylation sites (N-methyl/N-ethyl adjacent to an activating group) is 1. The molecule has 26 heavy (non-hydrogen) atoms. The maximum atomic E-state index is 10.4. The molecule has 0 saturated carbocycles. The Labute approximate surface area is 159 Å². The van der Waals surface area contributed by atoms with Crippen molar-refractivity contribution < 1.29 is 5.11 Å². The van der Waals surface area contributed by atoms with Crippen molar-refractivity contribution in [1.29, 1.82) is 0 Å². The molecular formula is C21H25N3OS. The van der Waals surface area contributed by atoms with Gasteiger partial charge in [0.2, 0.25) is 0 Å². The SMILES string of the molecule is CN(Cc1ccccc1)CC(O)CSc1ncc(-c2ccccc2)n1C. The van der Waals surface area contributed by atoms with Crippen LogP contribution in [0.15, 0.2) is 72.0 Å². The van der Waals surface area contributed by atoms with E-state index in [1.54, 1.807) is 11.8 Å². The molecule has 0 saturated heterocycles. The monoisotopic (exact) mass is 367 g/mol. The number of nitrogens with zero attached hydrogens (tertiary/aromatic N) is 3. The quantitative estimate of drug-likeness (QED) is 0.617. The lowest BCUT2D eigenvalue weighted by molar-refractivity contribution is 0.142. The summed E-state index contributed by atoms with van der Waals surface area (Å²) < 4.78 is 2.08. The molecule has 3 rings (SSSR count). The molecule has 2 aromatic carbocycles. The van der Waals surface area contributed by atoms with E-state index in [4.69, 9.17) is 0 Å². The number of aromatic nitrogens is 2. The van der Waals surface area contributed by atoms with Gasteiger partial charge < -0.3 is 9.67 Å². The van der Waals surface area contributed by atoms with Crippen LogP contribution in [0.3, 0.4) is 0 Å². The molecule has 5 heteroatoms. The molecule has 1 heterocycles. The van der Waals surface area contributed by atoms with Crippen LogP contribution in [-0.4, -0.2) is 45.0 Å². The predicted molar refractivity (Wildman–Crippen MR) is 108 cm³/mol. The molecule has 0 spiro atoms. The summed E-state index contributed by atoms with van der Waals surface area (Å²) in [7, 11) is 4.06. The second kappa shape index (κ2) is 9.03. The molecule has 136 valence electrons. The number of aliphatic hydroxyl groups is 1. The van der Waals surface area contributed by atoms with Crippen LogP contribution in [0.1, 0.15) is 5.56 Å². The maximum Gasteiger partial charge on any atom is 0.168 e. The Hall–Kier alpha value is -2.08. The second-order valence-electron chi connectivity index (χ2n) is 6.50. The van der Waals surface area contributed by atoms with E-state index in [1.807, 2.05) is 56.7 Å². The fourth-order valence-corrected chi connectivity index (χ4v) is 3.81. The van der Waals surface area contributed by atoms with E-state index in [0.717, 1.165) is 23.0 Å². The summed E-state index contributed by atoms with van der Waals surface area (Å²) in [4.78, 5) is 6.66. The molecule has 3 aromatic rings. The van der Waals surface area contributed by atoms with Crippen LogP contribution in [0, 0.1) is 0 Å². The highest BCUT2D eigenvalue weighted by atomic mass is 32.2. The Morgan fingerprint density at radius 1 is 1.08 bits per heavy atom. The van der Waals surface area contributed by atoms with Crippen LogP contribution in [0.5, 0.6) is 0 Å². The van der Waals surface area contributed by atoms with Crippen molar-refractivity contribution in [1.82, 2.24) is 14.5 Å². The number of aliphatic hydroxyl groups excluding tert-OH is 1. The predicted octanol–water partition coefficient (Wildman–Crippen LogP) is 3.67. The average molecular weight is 368 g/mol. The van der Waals surface area contributed by atoms with E-state index in [1.165, 1.54) is 5.56 Å². The number of hydrogen-bond acceptors (Lipinski definition) is 4. The number of thioether (sulfide) groups is 1. The molecule has 0 aliphatic heterocycles. The highest BCUT2D eigenvalue weighted by Crippen LogP contribution is 2.25. The fourth-order valence-electron chi connectivity index (χ4n) is 2.95. The molecule has 0 radical (unpaired) electrons. The molecule has 0 aliphatic carbocycles. The van der Waals surface area contributed by atoms with Crippen molar-refractivity contribution in [2.24, 2.45) is 7.05 Å². The van der Waals surface area contributed by atoms with E-state index in [2.05, 4.69) is 38.7 Å². The van der Waals surface area contributed by atoms with Crippen molar-refractivity contribution in [2.75, 3.05) is 19.3 Å². The lowest BCUT2D eigenvalue weighted by atomic mass is 10.2. The second-order valence-corrected chi connectivity index (χ2v) is 7.49. The van der Waals surface area contributed by atoms with Gasteiger partial charge >= 0.3 is 0 Å². The fraction of sp³-hybridized carbons (Fsp3) is 0.286. The van der Waals surface area contributed by atoms with Crippen molar-refractivity contribution >= 4 is 11.8 Å². The largest absolute Gasteiger partial charge is 0.391 e. The van der Waals surface area contributed by atoms with Gasteiger partial charge in [-0.3, -0.25) is 4.90 Å². The molecule has 0 fully saturated rings. The first-order valence-corrected chi connectivity index (χ1v) is 9.72. The third kappa shape index (κ3) is 4.97. The van der Waals surface area contributed by atoms with Crippen molar-refractivity contribution in [2.45, 2.75) is 17.8 Å². The summed E-state index contributed by atoms with van der Waals surface area (Å²) >= 11 is 1.59. The first-order chi connectivity index (χ1) is 12.6. The van der Waals surface area contributed by atoms with E-state index >= 15 is 0 Å². The molecule has 0 amide bonds. The molecule has 1 N–H and O–H groups in total. The van der Waals surface area contributed by atoms with Gasteiger partial charge in [0.25, 0.3) is 0 Å². The highest BCUT2D eigenvalue weighted by Gasteiger charge is 2.13. The van der Waals surface area contributed by atoms with Gasteiger partial charge in [-0.05, 0) is 18.2 Å². The molecule has 1 atom stereocenters. The number of imidazole rings is 1. The molecule has 0 aliphatic rings. The van der Waals surface area contributed by atoms with Gasteiger partial charge in [0, 0.05) is 25.9 Å². The summed E-state index contributed by atoms with van der Waals surface area (Å²) in [6.45, 7) is 1.47. The summed E-state index contributed by atoms with van der Waals surface area (Å²) in [5.41, 5.74) is 3.49. The Bertz CT molecular complexity index is 805. The summed E-state index contributed by atoms with van der Waals surface area (Å²) in [6.07, 6.45) is 1.50. The molecule has 1 aromatic heterocycles. The first kappa shape index (κ1) is 18.7. The third-order valence-electron chi connectivity index (χ3n) is 4.24. The van der Waals surface area contributed by atoms with E-state index in [0.29, 0.717) is 12.3 Å². The Morgan fingerprint density at radius 2 is 1.73 bits per heavy atom. The Balaban J connectivity index is 1.52. The number of benzene rings is 2. The van der Waals surface area contributed by atoms with Crippen LogP contribution in [0.2, 0.25) is 0 Å². The molecule has 0 bridgehead atoms. The lowest BCUT2D eigenvalue weighted by Crippen LogP contribution is -2.30. The zero-order valence-electron chi connectivity index (χ0n) is 15.2. The van der Waals surface area contributed by atoms with Crippen molar-refractivity contribution in [3.8, 4) is 11.3 Å². The minimum atomic E-state index is -0.398. The van der Waals surface area contributed by atoms with Gasteiger partial charge in [-0.25, -0.2) is 4.98 Å². The molecule has 4 nitrogen and oxygen atoms in total. The highest BCUT2D eigenvalue weighted by molar-refractivity contribution is 7.99. The van der Waals surface area contributed by atoms with Gasteiger partial charge in [0.05, 0.1) is 18.0 Å². The van der Waals surface area contributed by atoms with Gasteiger partial charge in [-0.2, -0.15) is 0 Å². The van der Waals surface area contributed by atoms with Gasteiger partial charge in [0.15, 0.2) is 5.16 Å². The van der Waals surface area contributed by atoms with Crippen molar-refractivity contribution in [3.63, 3.8) is 0 Å². The average Bonchev–Trinajstić information content (AvgIpc) is 3.02. The Morgan fingerprint density at radius 3 is 2.42 bits per heavy atom. The van der Waals surface area contributed by atoms with E-state index in [9.17, 15) is 5.11 Å². The summed E-state index contributed by atoms with van der Waals surface area (Å²) in [5.74, 6) is 0.623.